The molecule has 1 atom stereocenters. The first-order valence-electron chi connectivity index (χ1n) is 7.59. The summed E-state index contributed by atoms with van der Waals surface area (Å²) in [5, 5.41) is 9.08. The van der Waals surface area contributed by atoms with Gasteiger partial charge in [-0.2, -0.15) is 0 Å². The molecule has 0 saturated carbocycles. The molecule has 1 N–H and O–H groups in total. The number of benzene rings is 1. The Morgan fingerprint density at radius 3 is 2.43 bits per heavy atom. The van der Waals surface area contributed by atoms with Crippen molar-refractivity contribution in [3.63, 3.8) is 0 Å². The van der Waals surface area contributed by atoms with E-state index in [4.69, 9.17) is 5.11 Å². The van der Waals surface area contributed by atoms with Crippen molar-refractivity contribution in [1.29, 1.82) is 0 Å². The van der Waals surface area contributed by atoms with Crippen LogP contribution in [0, 0.1) is 11.8 Å². The van der Waals surface area contributed by atoms with Gasteiger partial charge in [0.25, 0.3) is 0 Å². The number of carboxylic acids is 1. The predicted octanol–water partition coefficient (Wildman–Crippen LogP) is 2.69. The van der Waals surface area contributed by atoms with Crippen LogP contribution in [0.4, 0.5) is 0 Å². The van der Waals surface area contributed by atoms with Crippen molar-refractivity contribution < 1.29 is 14.7 Å². The Morgan fingerprint density at radius 1 is 1.24 bits per heavy atom. The number of Topliss-reactive ketones (excluding diaryl/α,β-unsaturated/α-hetero) is 1. The maximum Gasteiger partial charge on any atom is 0.304 e. The number of ketones is 1. The maximum absolute atomic E-state index is 12.5. The second kappa shape index (κ2) is 7.36. The molecule has 0 bridgehead atoms. The molecule has 0 amide bonds. The zero-order valence-corrected chi connectivity index (χ0v) is 12.5. The third-order valence-electron chi connectivity index (χ3n) is 4.20. The standard InChI is InChI=1S/C17H23NO3/c1-13-7-9-18(10-8-13)12-15(11-16(19)20)17(21)14-5-3-2-4-6-14/h2-6,13,15H,7-12H2,1H3,(H,19,20). The SMILES string of the molecule is CC1CCN(CC(CC(=O)O)C(=O)c2ccccc2)CC1. The molecule has 1 fully saturated rings. The summed E-state index contributed by atoms with van der Waals surface area (Å²) < 4.78 is 0. The molecule has 1 aliphatic heterocycles. The molecule has 0 aromatic heterocycles. The van der Waals surface area contributed by atoms with E-state index < -0.39 is 11.9 Å². The lowest BCUT2D eigenvalue weighted by Crippen LogP contribution is -2.39. The number of carbonyl (C=O) groups is 2. The molecule has 0 aliphatic carbocycles. The van der Waals surface area contributed by atoms with Gasteiger partial charge in [0.15, 0.2) is 5.78 Å². The van der Waals surface area contributed by atoms with Gasteiger partial charge in [0.05, 0.1) is 6.42 Å². The normalized spacial score (nSPS) is 18.3. The molecular formula is C17H23NO3. The van der Waals surface area contributed by atoms with Crippen LogP contribution >= 0.6 is 0 Å². The monoisotopic (exact) mass is 289 g/mol. The number of carboxylic acid groups (broad SMARTS) is 1. The fraction of sp³-hybridized carbons (Fsp3) is 0.529. The quantitative estimate of drug-likeness (QED) is 0.818. The summed E-state index contributed by atoms with van der Waals surface area (Å²) in [6.45, 7) is 4.70. The van der Waals surface area contributed by atoms with Crippen LogP contribution in [0.15, 0.2) is 30.3 Å². The fourth-order valence-corrected chi connectivity index (χ4v) is 2.85. The van der Waals surface area contributed by atoms with Crippen LogP contribution in [0.3, 0.4) is 0 Å². The molecule has 4 nitrogen and oxygen atoms in total. The Hall–Kier alpha value is -1.68. The van der Waals surface area contributed by atoms with Gasteiger partial charge >= 0.3 is 5.97 Å². The van der Waals surface area contributed by atoms with E-state index in [1.807, 2.05) is 18.2 Å². The number of hydrogen-bond donors (Lipinski definition) is 1. The molecule has 1 heterocycles. The molecule has 21 heavy (non-hydrogen) atoms. The lowest BCUT2D eigenvalue weighted by atomic mass is 9.92. The first kappa shape index (κ1) is 15.7. The van der Waals surface area contributed by atoms with Gasteiger partial charge in [-0.05, 0) is 31.8 Å². The minimum atomic E-state index is -0.908. The van der Waals surface area contributed by atoms with Crippen molar-refractivity contribution in [2.75, 3.05) is 19.6 Å². The maximum atomic E-state index is 12.5. The van der Waals surface area contributed by atoms with E-state index >= 15 is 0 Å². The molecule has 2 rings (SSSR count). The number of likely N-dealkylation sites (tertiary alicyclic amines) is 1. The number of nitrogens with zero attached hydrogens (tertiary/aromatic N) is 1. The van der Waals surface area contributed by atoms with Gasteiger partial charge in [0.2, 0.25) is 0 Å². The molecule has 1 aromatic carbocycles. The summed E-state index contributed by atoms with van der Waals surface area (Å²) in [6, 6.07) is 9.00. The Bertz CT molecular complexity index is 478. The molecular weight excluding hydrogens is 266 g/mol. The first-order valence-corrected chi connectivity index (χ1v) is 7.59. The second-order valence-corrected chi connectivity index (χ2v) is 6.01. The highest BCUT2D eigenvalue weighted by Gasteiger charge is 2.26. The summed E-state index contributed by atoms with van der Waals surface area (Å²) in [4.78, 5) is 25.8. The molecule has 1 unspecified atom stereocenters. The van der Waals surface area contributed by atoms with Crippen LogP contribution in [0.1, 0.15) is 36.5 Å². The van der Waals surface area contributed by atoms with Crippen LogP contribution in [-0.4, -0.2) is 41.4 Å². The van der Waals surface area contributed by atoms with Crippen molar-refractivity contribution >= 4 is 11.8 Å². The van der Waals surface area contributed by atoms with E-state index in [-0.39, 0.29) is 12.2 Å². The Kier molecular flexibility index (Phi) is 5.51. The highest BCUT2D eigenvalue weighted by molar-refractivity contribution is 5.99. The lowest BCUT2D eigenvalue weighted by Gasteiger charge is -2.32. The topological polar surface area (TPSA) is 57.6 Å². The number of aliphatic carboxylic acids is 1. The largest absolute Gasteiger partial charge is 0.481 e. The third kappa shape index (κ3) is 4.67. The fourth-order valence-electron chi connectivity index (χ4n) is 2.85. The van der Waals surface area contributed by atoms with Gasteiger partial charge in [-0.25, -0.2) is 0 Å². The second-order valence-electron chi connectivity index (χ2n) is 6.01. The van der Waals surface area contributed by atoms with Crippen LogP contribution in [-0.2, 0) is 4.79 Å². The predicted molar refractivity (Wildman–Crippen MR) is 81.4 cm³/mol. The number of rotatable bonds is 6. The highest BCUT2D eigenvalue weighted by Crippen LogP contribution is 2.20. The average Bonchev–Trinajstić information content (AvgIpc) is 2.48. The highest BCUT2D eigenvalue weighted by atomic mass is 16.4. The number of carbonyl (C=O) groups excluding carboxylic acids is 1. The summed E-state index contributed by atoms with van der Waals surface area (Å²) in [7, 11) is 0. The third-order valence-corrected chi connectivity index (χ3v) is 4.20. The van der Waals surface area contributed by atoms with Gasteiger partial charge in [-0.3, -0.25) is 9.59 Å². The molecule has 114 valence electrons. The molecule has 1 aliphatic rings. The Labute approximate surface area is 125 Å². The van der Waals surface area contributed by atoms with Crippen molar-refractivity contribution in [2.24, 2.45) is 11.8 Å². The van der Waals surface area contributed by atoms with Crippen LogP contribution < -0.4 is 0 Å². The molecule has 1 aromatic rings. The van der Waals surface area contributed by atoms with E-state index in [1.165, 1.54) is 0 Å². The van der Waals surface area contributed by atoms with Crippen LogP contribution in [0.25, 0.3) is 0 Å². The Balaban J connectivity index is 2.04. The van der Waals surface area contributed by atoms with Gasteiger partial charge in [0.1, 0.15) is 0 Å². The Morgan fingerprint density at radius 2 is 1.86 bits per heavy atom. The summed E-state index contributed by atoms with van der Waals surface area (Å²) >= 11 is 0. The van der Waals surface area contributed by atoms with Crippen molar-refractivity contribution in [3.8, 4) is 0 Å². The van der Waals surface area contributed by atoms with Crippen molar-refractivity contribution in [2.45, 2.75) is 26.2 Å². The lowest BCUT2D eigenvalue weighted by molar-refractivity contribution is -0.137. The minimum Gasteiger partial charge on any atom is -0.481 e. The summed E-state index contributed by atoms with van der Waals surface area (Å²) in [5.74, 6) is -0.700. The van der Waals surface area contributed by atoms with E-state index in [2.05, 4.69) is 11.8 Å². The van der Waals surface area contributed by atoms with Gasteiger partial charge in [-0.15, -0.1) is 0 Å². The van der Waals surface area contributed by atoms with Crippen molar-refractivity contribution in [1.82, 2.24) is 4.90 Å². The molecule has 4 heteroatoms. The molecule has 1 saturated heterocycles. The molecule has 0 radical (unpaired) electrons. The zero-order chi connectivity index (χ0) is 15.2. The average molecular weight is 289 g/mol. The van der Waals surface area contributed by atoms with E-state index in [0.29, 0.717) is 12.1 Å². The molecule has 0 spiro atoms. The minimum absolute atomic E-state index is 0.0587. The van der Waals surface area contributed by atoms with Crippen molar-refractivity contribution in [3.05, 3.63) is 35.9 Å². The van der Waals surface area contributed by atoms with E-state index in [1.54, 1.807) is 12.1 Å². The van der Waals surface area contributed by atoms with E-state index in [0.717, 1.165) is 31.8 Å². The van der Waals surface area contributed by atoms with Crippen LogP contribution in [0.2, 0.25) is 0 Å². The summed E-state index contributed by atoms with van der Waals surface area (Å²) in [6.07, 6.45) is 2.15. The summed E-state index contributed by atoms with van der Waals surface area (Å²) in [5.41, 5.74) is 0.606. The van der Waals surface area contributed by atoms with Gasteiger partial charge in [-0.1, -0.05) is 37.3 Å². The van der Waals surface area contributed by atoms with Gasteiger partial charge in [0, 0.05) is 18.0 Å². The number of hydrogen-bond acceptors (Lipinski definition) is 3. The first-order chi connectivity index (χ1) is 10.1. The van der Waals surface area contributed by atoms with E-state index in [9.17, 15) is 9.59 Å². The van der Waals surface area contributed by atoms with Gasteiger partial charge < -0.3 is 10.0 Å². The zero-order valence-electron chi connectivity index (χ0n) is 12.5. The number of piperidine rings is 1. The smallest absolute Gasteiger partial charge is 0.304 e. The van der Waals surface area contributed by atoms with Crippen LogP contribution in [0.5, 0.6) is 0 Å².